The third kappa shape index (κ3) is 4.63. The molecule has 1 saturated carbocycles. The molecule has 0 atom stereocenters. The van der Waals surface area contributed by atoms with Crippen LogP contribution in [-0.2, 0) is 11.3 Å². The van der Waals surface area contributed by atoms with Crippen molar-refractivity contribution in [3.05, 3.63) is 35.1 Å². The zero-order chi connectivity index (χ0) is 14.2. The summed E-state index contributed by atoms with van der Waals surface area (Å²) in [6, 6.07) is 4.95. The summed E-state index contributed by atoms with van der Waals surface area (Å²) in [5.41, 5.74) is 1.21. The minimum absolute atomic E-state index is 0.0303. The van der Waals surface area contributed by atoms with E-state index in [1.54, 1.807) is 12.1 Å². The Kier molecular flexibility index (Phi) is 6.04. The molecule has 0 spiro atoms. The molecule has 1 aliphatic carbocycles. The van der Waals surface area contributed by atoms with Crippen LogP contribution in [0.15, 0.2) is 18.2 Å². The number of rotatable bonds is 5. The van der Waals surface area contributed by atoms with Crippen molar-refractivity contribution in [3.8, 4) is 11.8 Å². The van der Waals surface area contributed by atoms with Gasteiger partial charge in [0.1, 0.15) is 5.82 Å². The van der Waals surface area contributed by atoms with Gasteiger partial charge in [-0.05, 0) is 30.9 Å². The Bertz CT molecular complexity index is 481. The fourth-order valence-electron chi connectivity index (χ4n) is 2.48. The molecule has 0 saturated heterocycles. The molecule has 3 heteroatoms. The molecule has 0 bridgehead atoms. The minimum atomic E-state index is -0.271. The van der Waals surface area contributed by atoms with Crippen molar-refractivity contribution in [3.63, 3.8) is 0 Å². The fraction of sp³-hybridized carbons (Fsp3) is 0.529. The number of hydrogen-bond acceptors (Lipinski definition) is 2. The highest BCUT2D eigenvalue weighted by Crippen LogP contribution is 2.25. The van der Waals surface area contributed by atoms with Crippen LogP contribution in [0.2, 0.25) is 0 Å². The summed E-state index contributed by atoms with van der Waals surface area (Å²) in [5, 5.41) is 8.64. The van der Waals surface area contributed by atoms with Crippen LogP contribution in [0.3, 0.4) is 0 Å². The average Bonchev–Trinajstić information content (AvgIpc) is 2.95. The lowest BCUT2D eigenvalue weighted by Crippen LogP contribution is -2.06. The van der Waals surface area contributed by atoms with E-state index in [9.17, 15) is 4.39 Å². The van der Waals surface area contributed by atoms with Crippen LogP contribution in [-0.4, -0.2) is 18.3 Å². The van der Waals surface area contributed by atoms with Crippen molar-refractivity contribution < 1.29 is 14.2 Å². The van der Waals surface area contributed by atoms with Gasteiger partial charge in [0.25, 0.3) is 0 Å². The van der Waals surface area contributed by atoms with E-state index in [1.165, 1.54) is 31.7 Å². The molecule has 0 heterocycles. The minimum Gasteiger partial charge on any atom is -0.395 e. The van der Waals surface area contributed by atoms with Gasteiger partial charge in [0.2, 0.25) is 0 Å². The maximum atomic E-state index is 13.9. The summed E-state index contributed by atoms with van der Waals surface area (Å²) < 4.78 is 19.5. The molecule has 2 nitrogen and oxygen atoms in total. The van der Waals surface area contributed by atoms with E-state index in [0.29, 0.717) is 30.1 Å². The topological polar surface area (TPSA) is 29.5 Å². The lowest BCUT2D eigenvalue weighted by Gasteiger charge is -2.10. The standard InChI is InChI=1S/C17H21FO2/c18-17-11-14(5-3-4-10-19)8-9-16(17)13-20-12-15-6-1-2-7-15/h8-9,11,15,19H,1-2,4,6-7,10,12-13H2. The van der Waals surface area contributed by atoms with E-state index in [0.717, 1.165) is 6.61 Å². The van der Waals surface area contributed by atoms with Crippen molar-refractivity contribution in [2.45, 2.75) is 38.7 Å². The van der Waals surface area contributed by atoms with Crippen LogP contribution >= 0.6 is 0 Å². The Morgan fingerprint density at radius 3 is 2.80 bits per heavy atom. The smallest absolute Gasteiger partial charge is 0.129 e. The fourth-order valence-corrected chi connectivity index (χ4v) is 2.48. The normalized spacial score (nSPS) is 15.1. The van der Waals surface area contributed by atoms with E-state index in [2.05, 4.69) is 11.8 Å². The van der Waals surface area contributed by atoms with Crippen molar-refractivity contribution in [2.24, 2.45) is 5.92 Å². The second-order valence-electron chi connectivity index (χ2n) is 5.25. The molecule has 0 aromatic heterocycles. The van der Waals surface area contributed by atoms with Gasteiger partial charge in [0.15, 0.2) is 0 Å². The Balaban J connectivity index is 1.84. The summed E-state index contributed by atoms with van der Waals surface area (Å²) in [7, 11) is 0. The van der Waals surface area contributed by atoms with Gasteiger partial charge in [0.05, 0.1) is 13.2 Å². The summed E-state index contributed by atoms with van der Waals surface area (Å²) in [6.45, 7) is 1.09. The predicted octanol–water partition coefficient (Wildman–Crippen LogP) is 3.27. The quantitative estimate of drug-likeness (QED) is 0.836. The molecule has 2 rings (SSSR count). The first-order valence-electron chi connectivity index (χ1n) is 7.25. The van der Waals surface area contributed by atoms with Crippen LogP contribution in [0.4, 0.5) is 4.39 Å². The van der Waals surface area contributed by atoms with Crippen LogP contribution < -0.4 is 0 Å². The lowest BCUT2D eigenvalue weighted by molar-refractivity contribution is 0.0870. The molecular weight excluding hydrogens is 255 g/mol. The first kappa shape index (κ1) is 15.0. The maximum absolute atomic E-state index is 13.9. The van der Waals surface area contributed by atoms with Crippen LogP contribution in [0.5, 0.6) is 0 Å². The molecule has 0 unspecified atom stereocenters. The molecule has 1 fully saturated rings. The number of ether oxygens (including phenoxy) is 1. The molecule has 0 amide bonds. The number of benzene rings is 1. The van der Waals surface area contributed by atoms with Crippen LogP contribution in [0, 0.1) is 23.6 Å². The summed E-state index contributed by atoms with van der Waals surface area (Å²) >= 11 is 0. The van der Waals surface area contributed by atoms with Crippen molar-refractivity contribution in [1.82, 2.24) is 0 Å². The van der Waals surface area contributed by atoms with Crippen molar-refractivity contribution in [1.29, 1.82) is 0 Å². The Labute approximate surface area is 120 Å². The number of halogens is 1. The number of hydrogen-bond donors (Lipinski definition) is 1. The summed E-state index contributed by atoms with van der Waals surface area (Å²) in [6.07, 6.45) is 5.48. The van der Waals surface area contributed by atoms with Crippen LogP contribution in [0.1, 0.15) is 43.2 Å². The molecule has 0 aliphatic heterocycles. The van der Waals surface area contributed by atoms with Gasteiger partial charge in [-0.25, -0.2) is 4.39 Å². The highest BCUT2D eigenvalue weighted by molar-refractivity contribution is 5.36. The van der Waals surface area contributed by atoms with Gasteiger partial charge in [-0.1, -0.05) is 30.7 Å². The second-order valence-corrected chi connectivity index (χ2v) is 5.25. The van der Waals surface area contributed by atoms with Gasteiger partial charge in [0, 0.05) is 24.2 Å². The first-order valence-corrected chi connectivity index (χ1v) is 7.25. The van der Waals surface area contributed by atoms with E-state index in [-0.39, 0.29) is 12.4 Å². The number of aliphatic hydroxyl groups is 1. The van der Waals surface area contributed by atoms with E-state index >= 15 is 0 Å². The zero-order valence-corrected chi connectivity index (χ0v) is 11.7. The highest BCUT2D eigenvalue weighted by Gasteiger charge is 2.15. The second kappa shape index (κ2) is 8.04. The van der Waals surface area contributed by atoms with E-state index in [1.807, 2.05) is 0 Å². The summed E-state index contributed by atoms with van der Waals surface area (Å²) in [5.74, 6) is 5.99. The first-order chi connectivity index (χ1) is 9.79. The molecule has 20 heavy (non-hydrogen) atoms. The van der Waals surface area contributed by atoms with E-state index < -0.39 is 0 Å². The van der Waals surface area contributed by atoms with Gasteiger partial charge >= 0.3 is 0 Å². The highest BCUT2D eigenvalue weighted by atomic mass is 19.1. The van der Waals surface area contributed by atoms with Gasteiger partial charge in [-0.2, -0.15) is 0 Å². The predicted molar refractivity (Wildman–Crippen MR) is 76.6 cm³/mol. The third-order valence-electron chi connectivity index (χ3n) is 3.61. The monoisotopic (exact) mass is 276 g/mol. The number of aliphatic hydroxyl groups excluding tert-OH is 1. The van der Waals surface area contributed by atoms with Crippen molar-refractivity contribution >= 4 is 0 Å². The van der Waals surface area contributed by atoms with Crippen molar-refractivity contribution in [2.75, 3.05) is 13.2 Å². The third-order valence-corrected chi connectivity index (χ3v) is 3.61. The van der Waals surface area contributed by atoms with Gasteiger partial charge < -0.3 is 9.84 Å². The molecule has 1 aromatic rings. The molecule has 1 N–H and O–H groups in total. The Morgan fingerprint density at radius 2 is 2.10 bits per heavy atom. The molecule has 1 aromatic carbocycles. The van der Waals surface area contributed by atoms with Gasteiger partial charge in [-0.15, -0.1) is 0 Å². The van der Waals surface area contributed by atoms with Gasteiger partial charge in [-0.3, -0.25) is 0 Å². The Hall–Kier alpha value is -1.37. The molecular formula is C17H21FO2. The Morgan fingerprint density at radius 1 is 1.30 bits per heavy atom. The largest absolute Gasteiger partial charge is 0.395 e. The molecule has 108 valence electrons. The SMILES string of the molecule is OCCC#Cc1ccc(COCC2CCCC2)c(F)c1. The average molecular weight is 276 g/mol. The molecule has 0 radical (unpaired) electrons. The summed E-state index contributed by atoms with van der Waals surface area (Å²) in [4.78, 5) is 0. The van der Waals surface area contributed by atoms with Crippen LogP contribution in [0.25, 0.3) is 0 Å². The lowest BCUT2D eigenvalue weighted by atomic mass is 10.1. The molecule has 1 aliphatic rings. The zero-order valence-electron chi connectivity index (χ0n) is 11.7. The maximum Gasteiger partial charge on any atom is 0.129 e. The van der Waals surface area contributed by atoms with E-state index in [4.69, 9.17) is 9.84 Å².